The maximum Gasteiger partial charge on any atom is 0.242 e. The summed E-state index contributed by atoms with van der Waals surface area (Å²) in [6.07, 6.45) is 11.6. The highest BCUT2D eigenvalue weighted by atomic mass is 35.5. The minimum atomic E-state index is -3.05. The quantitative estimate of drug-likeness (QED) is 0.399. The fourth-order valence-corrected chi connectivity index (χ4v) is 6.48. The molecular formula is C27H34ClN7O3S. The molecule has 1 aliphatic heterocycles. The molecular weight excluding hydrogens is 538 g/mol. The summed E-state index contributed by atoms with van der Waals surface area (Å²) in [5.74, 6) is 2.02. The Morgan fingerprint density at radius 3 is 2.51 bits per heavy atom. The number of sulfone groups is 1. The highest BCUT2D eigenvalue weighted by molar-refractivity contribution is 7.91. The van der Waals surface area contributed by atoms with Crippen LogP contribution in [0.4, 0.5) is 11.8 Å². The Labute approximate surface area is 234 Å². The number of hydrogen-bond acceptors (Lipinski definition) is 8. The van der Waals surface area contributed by atoms with Gasteiger partial charge in [-0.25, -0.2) is 13.4 Å². The van der Waals surface area contributed by atoms with Crippen LogP contribution < -0.4 is 15.5 Å². The van der Waals surface area contributed by atoms with Crippen molar-refractivity contribution in [3.8, 4) is 5.82 Å². The molecule has 5 rings (SSSR count). The molecule has 2 aromatic heterocycles. The molecule has 1 saturated carbocycles. The molecule has 2 N–H and O–H groups in total. The third-order valence-electron chi connectivity index (χ3n) is 7.41. The molecule has 208 valence electrons. The normalized spacial score (nSPS) is 18.4. The number of aromatic nitrogens is 4. The first-order valence-electron chi connectivity index (χ1n) is 13.5. The smallest absolute Gasteiger partial charge is 0.242 e. The summed E-state index contributed by atoms with van der Waals surface area (Å²) < 4.78 is 25.8. The lowest BCUT2D eigenvalue weighted by Gasteiger charge is -2.29. The summed E-state index contributed by atoms with van der Waals surface area (Å²) in [4.78, 5) is 28.9. The van der Waals surface area contributed by atoms with Crippen molar-refractivity contribution >= 4 is 39.1 Å². The maximum atomic E-state index is 13.5. The van der Waals surface area contributed by atoms with Crippen LogP contribution in [0.1, 0.15) is 44.1 Å². The number of nitrogens with one attached hydrogen (secondary N) is 2. The summed E-state index contributed by atoms with van der Waals surface area (Å²) >= 11 is 6.01. The number of halogens is 1. The van der Waals surface area contributed by atoms with E-state index in [1.165, 1.54) is 19.3 Å². The van der Waals surface area contributed by atoms with Gasteiger partial charge in [0.2, 0.25) is 11.9 Å². The van der Waals surface area contributed by atoms with Gasteiger partial charge in [-0.2, -0.15) is 9.97 Å². The van der Waals surface area contributed by atoms with Crippen LogP contribution >= 0.6 is 11.6 Å². The van der Waals surface area contributed by atoms with E-state index in [1.54, 1.807) is 29.4 Å². The molecule has 2 fully saturated rings. The number of benzene rings is 1. The third kappa shape index (κ3) is 7.48. The number of anilines is 2. The number of carbonyl (C=O) groups is 1. The fraction of sp³-hybridized carbons (Fsp3) is 0.481. The van der Waals surface area contributed by atoms with Crippen molar-refractivity contribution < 1.29 is 13.2 Å². The van der Waals surface area contributed by atoms with Crippen LogP contribution in [0.25, 0.3) is 5.82 Å². The fourth-order valence-electron chi connectivity index (χ4n) is 5.16. The highest BCUT2D eigenvalue weighted by Gasteiger charge is 2.27. The Kier molecular flexibility index (Phi) is 8.66. The lowest BCUT2D eigenvalue weighted by Crippen LogP contribution is -2.42. The van der Waals surface area contributed by atoms with E-state index in [2.05, 4.69) is 20.6 Å². The van der Waals surface area contributed by atoms with Gasteiger partial charge in [0, 0.05) is 43.1 Å². The Bertz CT molecular complexity index is 1350. The number of amides is 1. The summed E-state index contributed by atoms with van der Waals surface area (Å²) in [5, 5.41) is 7.14. The van der Waals surface area contributed by atoms with Crippen molar-refractivity contribution in [1.82, 2.24) is 24.8 Å². The van der Waals surface area contributed by atoms with Crippen LogP contribution in [-0.2, 0) is 21.2 Å². The van der Waals surface area contributed by atoms with Crippen LogP contribution in [-0.4, -0.2) is 64.5 Å². The van der Waals surface area contributed by atoms with Crippen LogP contribution in [0.2, 0.25) is 5.02 Å². The van der Waals surface area contributed by atoms with Crippen molar-refractivity contribution in [2.75, 3.05) is 34.8 Å². The monoisotopic (exact) mass is 571 g/mol. The Morgan fingerprint density at radius 2 is 1.82 bits per heavy atom. The Hall–Kier alpha value is -3.18. The van der Waals surface area contributed by atoms with Crippen LogP contribution in [0.15, 0.2) is 49.1 Å². The molecule has 39 heavy (non-hydrogen) atoms. The van der Waals surface area contributed by atoms with E-state index in [0.717, 1.165) is 18.4 Å². The summed E-state index contributed by atoms with van der Waals surface area (Å²) in [5.41, 5.74) is 0.968. The Morgan fingerprint density at radius 1 is 1.08 bits per heavy atom. The molecule has 1 atom stereocenters. The van der Waals surface area contributed by atoms with E-state index in [-0.39, 0.29) is 17.4 Å². The molecule has 12 heteroatoms. The SMILES string of the molecule is O=C(NCc1ccc(Cl)cc1)C(CC1CCCCC1)Nc1cc(-n2ccnc2)nc(N2CCS(=O)(=O)CC2)n1. The number of carbonyl (C=O) groups excluding carboxylic acids is 1. The molecule has 0 bridgehead atoms. The van der Waals surface area contributed by atoms with Crippen molar-refractivity contribution in [1.29, 1.82) is 0 Å². The summed E-state index contributed by atoms with van der Waals surface area (Å²) in [6, 6.07) is 8.74. The second-order valence-corrected chi connectivity index (χ2v) is 13.0. The van der Waals surface area contributed by atoms with Crippen molar-refractivity contribution in [3.63, 3.8) is 0 Å². The molecule has 1 aromatic carbocycles. The van der Waals surface area contributed by atoms with Gasteiger partial charge in [0.1, 0.15) is 24.0 Å². The van der Waals surface area contributed by atoms with Gasteiger partial charge in [-0.3, -0.25) is 9.36 Å². The van der Waals surface area contributed by atoms with Gasteiger partial charge in [-0.1, -0.05) is 55.8 Å². The predicted molar refractivity (Wildman–Crippen MR) is 152 cm³/mol. The average Bonchev–Trinajstić information content (AvgIpc) is 3.48. The maximum absolute atomic E-state index is 13.5. The van der Waals surface area contributed by atoms with Gasteiger partial charge < -0.3 is 15.5 Å². The zero-order valence-corrected chi connectivity index (χ0v) is 23.4. The molecule has 1 amide bonds. The largest absolute Gasteiger partial charge is 0.358 e. The lowest BCUT2D eigenvalue weighted by atomic mass is 9.84. The van der Waals surface area contributed by atoms with E-state index in [0.29, 0.717) is 54.6 Å². The van der Waals surface area contributed by atoms with Crippen molar-refractivity contribution in [2.24, 2.45) is 5.92 Å². The van der Waals surface area contributed by atoms with E-state index >= 15 is 0 Å². The van der Waals surface area contributed by atoms with Gasteiger partial charge in [0.25, 0.3) is 0 Å². The zero-order chi connectivity index (χ0) is 27.2. The first-order chi connectivity index (χ1) is 18.8. The summed E-state index contributed by atoms with van der Waals surface area (Å²) in [7, 11) is -3.05. The molecule has 10 nitrogen and oxygen atoms in total. The van der Waals surface area contributed by atoms with Crippen LogP contribution in [0, 0.1) is 5.92 Å². The molecule has 0 spiro atoms. The van der Waals surface area contributed by atoms with Gasteiger partial charge in [-0.05, 0) is 30.0 Å². The van der Waals surface area contributed by atoms with E-state index < -0.39 is 15.9 Å². The predicted octanol–water partition coefficient (Wildman–Crippen LogP) is 3.62. The number of hydrogen-bond donors (Lipinski definition) is 2. The Balaban J connectivity index is 1.39. The number of rotatable bonds is 9. The van der Waals surface area contributed by atoms with Gasteiger partial charge >= 0.3 is 0 Å². The van der Waals surface area contributed by atoms with Crippen LogP contribution in [0.3, 0.4) is 0 Å². The van der Waals surface area contributed by atoms with Gasteiger partial charge in [-0.15, -0.1) is 0 Å². The molecule has 3 aromatic rings. The average molecular weight is 572 g/mol. The molecule has 2 aliphatic rings. The number of imidazole rings is 1. The lowest BCUT2D eigenvalue weighted by molar-refractivity contribution is -0.122. The van der Waals surface area contributed by atoms with Gasteiger partial charge in [0.15, 0.2) is 9.84 Å². The zero-order valence-electron chi connectivity index (χ0n) is 21.8. The minimum Gasteiger partial charge on any atom is -0.358 e. The summed E-state index contributed by atoms with van der Waals surface area (Å²) in [6.45, 7) is 1.04. The van der Waals surface area contributed by atoms with Crippen molar-refractivity contribution in [3.05, 3.63) is 59.6 Å². The van der Waals surface area contributed by atoms with E-state index in [1.807, 2.05) is 29.2 Å². The molecule has 1 aliphatic carbocycles. The van der Waals surface area contributed by atoms with Crippen molar-refractivity contribution in [2.45, 2.75) is 51.1 Å². The third-order valence-corrected chi connectivity index (χ3v) is 9.27. The van der Waals surface area contributed by atoms with Gasteiger partial charge in [0.05, 0.1) is 11.5 Å². The highest BCUT2D eigenvalue weighted by Crippen LogP contribution is 2.29. The first kappa shape index (κ1) is 27.4. The molecule has 3 heterocycles. The topological polar surface area (TPSA) is 122 Å². The molecule has 0 radical (unpaired) electrons. The van der Waals surface area contributed by atoms with Crippen LogP contribution in [0.5, 0.6) is 0 Å². The second-order valence-electron chi connectivity index (χ2n) is 10.3. The number of nitrogens with zero attached hydrogens (tertiary/aromatic N) is 5. The molecule has 1 unspecified atom stereocenters. The first-order valence-corrected chi connectivity index (χ1v) is 15.7. The van der Waals surface area contributed by atoms with E-state index in [4.69, 9.17) is 16.6 Å². The second kappa shape index (κ2) is 12.3. The molecule has 1 saturated heterocycles. The van der Waals surface area contributed by atoms with E-state index in [9.17, 15) is 13.2 Å². The minimum absolute atomic E-state index is 0.0613. The standard InChI is InChI=1S/C27H34ClN7O3S/c28-22-8-6-21(7-9-22)18-30-26(36)23(16-20-4-2-1-3-5-20)31-24-17-25(35-11-10-29-19-35)33-27(32-24)34-12-14-39(37,38)15-13-34/h6-11,17,19-20,23H,1-5,12-16,18H2,(H,30,36)(H,31,32,33).